The number of carbonyl (C=O) groups is 1. The molecule has 22 heavy (non-hydrogen) atoms. The predicted molar refractivity (Wildman–Crippen MR) is 83.1 cm³/mol. The summed E-state index contributed by atoms with van der Waals surface area (Å²) in [4.78, 5) is 18.1. The van der Waals surface area contributed by atoms with Gasteiger partial charge in [-0.05, 0) is 31.4 Å². The fourth-order valence-electron chi connectivity index (χ4n) is 2.76. The number of halogens is 1. The van der Waals surface area contributed by atoms with E-state index in [-0.39, 0.29) is 18.3 Å². The van der Waals surface area contributed by atoms with Crippen molar-refractivity contribution in [1.82, 2.24) is 9.88 Å². The van der Waals surface area contributed by atoms with Crippen molar-refractivity contribution in [3.63, 3.8) is 0 Å². The van der Waals surface area contributed by atoms with Gasteiger partial charge in [-0.3, -0.25) is 9.78 Å². The summed E-state index contributed by atoms with van der Waals surface area (Å²) in [5.41, 5.74) is 0.921. The van der Waals surface area contributed by atoms with Gasteiger partial charge in [0.25, 0.3) is 0 Å². The Hall–Kier alpha value is -1.49. The van der Waals surface area contributed by atoms with Crippen LogP contribution in [-0.2, 0) is 9.53 Å². The first-order valence-electron chi connectivity index (χ1n) is 8.17. The van der Waals surface area contributed by atoms with Crippen LogP contribution in [0.15, 0.2) is 18.3 Å². The van der Waals surface area contributed by atoms with E-state index in [2.05, 4.69) is 11.9 Å². The number of aromatic nitrogens is 1. The summed E-state index contributed by atoms with van der Waals surface area (Å²) in [6.45, 7) is 4.44. The minimum atomic E-state index is -0.309. The summed E-state index contributed by atoms with van der Waals surface area (Å²) in [6, 6.07) is 3.19. The molecule has 1 aromatic rings. The summed E-state index contributed by atoms with van der Waals surface area (Å²) < 4.78 is 18.3. The number of carbonyl (C=O) groups excluding carboxylic acids is 1. The molecule has 1 aliphatic heterocycles. The van der Waals surface area contributed by atoms with Gasteiger partial charge in [0.05, 0.1) is 6.20 Å². The molecule has 2 rings (SSSR count). The Morgan fingerprint density at radius 2 is 2.14 bits per heavy atom. The molecule has 1 saturated heterocycles. The number of pyridine rings is 1. The van der Waals surface area contributed by atoms with Crippen molar-refractivity contribution in [2.45, 2.75) is 44.9 Å². The third kappa shape index (κ3) is 5.05. The second-order valence-corrected chi connectivity index (χ2v) is 5.82. The Labute approximate surface area is 131 Å². The minimum Gasteiger partial charge on any atom is -0.372 e. The SMILES string of the molecule is CCCCCOCC(=O)N1CCC(c2ccc(F)cn2)CC1. The van der Waals surface area contributed by atoms with Crippen LogP contribution >= 0.6 is 0 Å². The van der Waals surface area contributed by atoms with Crippen LogP contribution in [-0.4, -0.2) is 42.1 Å². The highest BCUT2D eigenvalue weighted by molar-refractivity contribution is 5.77. The Balaban J connectivity index is 1.70. The van der Waals surface area contributed by atoms with E-state index in [1.54, 1.807) is 6.07 Å². The quantitative estimate of drug-likeness (QED) is 0.727. The van der Waals surface area contributed by atoms with Crippen molar-refractivity contribution in [2.75, 3.05) is 26.3 Å². The van der Waals surface area contributed by atoms with E-state index in [1.165, 1.54) is 12.3 Å². The zero-order chi connectivity index (χ0) is 15.8. The number of amides is 1. The maximum absolute atomic E-state index is 12.9. The molecule has 0 aromatic carbocycles. The number of piperidine rings is 1. The van der Waals surface area contributed by atoms with Gasteiger partial charge in [0.15, 0.2) is 0 Å². The normalized spacial score (nSPS) is 16.0. The lowest BCUT2D eigenvalue weighted by Gasteiger charge is -2.31. The predicted octanol–water partition coefficient (Wildman–Crippen LogP) is 3.13. The standard InChI is InChI=1S/C17H25FN2O2/c1-2-3-4-11-22-13-17(21)20-9-7-14(8-10-20)16-6-5-15(18)12-19-16/h5-6,12,14H,2-4,7-11,13H2,1H3. The zero-order valence-corrected chi connectivity index (χ0v) is 13.3. The van der Waals surface area contributed by atoms with E-state index in [9.17, 15) is 9.18 Å². The molecule has 1 amide bonds. The molecule has 2 heterocycles. The lowest BCUT2D eigenvalue weighted by Crippen LogP contribution is -2.40. The molecule has 1 fully saturated rings. The Morgan fingerprint density at radius 3 is 2.77 bits per heavy atom. The van der Waals surface area contributed by atoms with E-state index in [1.807, 2.05) is 4.90 Å². The molecular weight excluding hydrogens is 283 g/mol. The third-order valence-corrected chi connectivity index (χ3v) is 4.13. The van der Waals surface area contributed by atoms with E-state index in [0.717, 1.165) is 50.9 Å². The van der Waals surface area contributed by atoms with Crippen LogP contribution in [0.4, 0.5) is 4.39 Å². The molecule has 1 aromatic heterocycles. The molecule has 0 spiro atoms. The van der Waals surface area contributed by atoms with Gasteiger partial charge in [-0.25, -0.2) is 4.39 Å². The maximum Gasteiger partial charge on any atom is 0.248 e. The molecule has 0 radical (unpaired) electrons. The highest BCUT2D eigenvalue weighted by Gasteiger charge is 2.24. The van der Waals surface area contributed by atoms with E-state index in [4.69, 9.17) is 4.74 Å². The summed E-state index contributed by atoms with van der Waals surface area (Å²) in [5, 5.41) is 0. The van der Waals surface area contributed by atoms with E-state index >= 15 is 0 Å². The minimum absolute atomic E-state index is 0.0713. The van der Waals surface area contributed by atoms with Crippen LogP contribution in [0.25, 0.3) is 0 Å². The van der Waals surface area contributed by atoms with Gasteiger partial charge in [0, 0.05) is 31.3 Å². The molecule has 4 nitrogen and oxygen atoms in total. The van der Waals surface area contributed by atoms with Crippen molar-refractivity contribution in [3.05, 3.63) is 29.8 Å². The van der Waals surface area contributed by atoms with Crippen LogP contribution < -0.4 is 0 Å². The highest BCUT2D eigenvalue weighted by Crippen LogP contribution is 2.26. The molecule has 122 valence electrons. The van der Waals surface area contributed by atoms with Crippen LogP contribution in [0.2, 0.25) is 0 Å². The molecule has 0 aliphatic carbocycles. The topological polar surface area (TPSA) is 42.4 Å². The van der Waals surface area contributed by atoms with Gasteiger partial charge in [0.1, 0.15) is 12.4 Å². The first-order chi connectivity index (χ1) is 10.7. The number of hydrogen-bond acceptors (Lipinski definition) is 3. The Kier molecular flexibility index (Phi) is 6.77. The highest BCUT2D eigenvalue weighted by atomic mass is 19.1. The first kappa shape index (κ1) is 16.9. The fraction of sp³-hybridized carbons (Fsp3) is 0.647. The summed E-state index contributed by atoms with van der Waals surface area (Å²) in [7, 11) is 0. The number of nitrogens with zero attached hydrogens (tertiary/aromatic N) is 2. The molecule has 0 unspecified atom stereocenters. The van der Waals surface area contributed by atoms with Crippen molar-refractivity contribution in [2.24, 2.45) is 0 Å². The zero-order valence-electron chi connectivity index (χ0n) is 13.3. The van der Waals surface area contributed by atoms with Crippen molar-refractivity contribution < 1.29 is 13.9 Å². The number of rotatable bonds is 7. The average Bonchev–Trinajstić information content (AvgIpc) is 2.55. The van der Waals surface area contributed by atoms with Crippen LogP contribution in [0, 0.1) is 5.82 Å². The van der Waals surface area contributed by atoms with Crippen molar-refractivity contribution >= 4 is 5.91 Å². The largest absolute Gasteiger partial charge is 0.372 e. The van der Waals surface area contributed by atoms with Crippen molar-refractivity contribution in [3.8, 4) is 0 Å². The number of ether oxygens (including phenoxy) is 1. The van der Waals surface area contributed by atoms with Gasteiger partial charge < -0.3 is 9.64 Å². The number of hydrogen-bond donors (Lipinski definition) is 0. The molecule has 1 aliphatic rings. The van der Waals surface area contributed by atoms with Crippen LogP contribution in [0.1, 0.15) is 50.6 Å². The van der Waals surface area contributed by atoms with Crippen LogP contribution in [0.5, 0.6) is 0 Å². The summed E-state index contributed by atoms with van der Waals surface area (Å²) in [6.07, 6.45) is 6.33. The van der Waals surface area contributed by atoms with Gasteiger partial charge >= 0.3 is 0 Å². The summed E-state index contributed by atoms with van der Waals surface area (Å²) in [5.74, 6) is 0.0775. The van der Waals surface area contributed by atoms with E-state index in [0.29, 0.717) is 12.5 Å². The third-order valence-electron chi connectivity index (χ3n) is 4.13. The number of likely N-dealkylation sites (tertiary alicyclic amines) is 1. The first-order valence-corrected chi connectivity index (χ1v) is 8.17. The summed E-state index contributed by atoms with van der Waals surface area (Å²) >= 11 is 0. The smallest absolute Gasteiger partial charge is 0.248 e. The van der Waals surface area contributed by atoms with E-state index < -0.39 is 0 Å². The molecule has 0 N–H and O–H groups in total. The molecule has 0 saturated carbocycles. The molecule has 0 bridgehead atoms. The second-order valence-electron chi connectivity index (χ2n) is 5.82. The Morgan fingerprint density at radius 1 is 1.36 bits per heavy atom. The second kappa shape index (κ2) is 8.83. The van der Waals surface area contributed by atoms with Gasteiger partial charge in [-0.15, -0.1) is 0 Å². The molecular formula is C17H25FN2O2. The van der Waals surface area contributed by atoms with Gasteiger partial charge in [-0.2, -0.15) is 0 Å². The van der Waals surface area contributed by atoms with Crippen LogP contribution in [0.3, 0.4) is 0 Å². The monoisotopic (exact) mass is 308 g/mol. The average molecular weight is 308 g/mol. The lowest BCUT2D eigenvalue weighted by molar-refractivity contribution is -0.137. The maximum atomic E-state index is 12.9. The van der Waals surface area contributed by atoms with Gasteiger partial charge in [0.2, 0.25) is 5.91 Å². The van der Waals surface area contributed by atoms with Gasteiger partial charge in [-0.1, -0.05) is 19.8 Å². The van der Waals surface area contributed by atoms with Crippen molar-refractivity contribution in [1.29, 1.82) is 0 Å². The Bertz CT molecular complexity index is 456. The number of unbranched alkanes of at least 4 members (excludes halogenated alkanes) is 2. The molecule has 5 heteroatoms. The molecule has 0 atom stereocenters. The fourth-order valence-corrected chi connectivity index (χ4v) is 2.76. The lowest BCUT2D eigenvalue weighted by atomic mass is 9.93.